The van der Waals surface area contributed by atoms with Crippen LogP contribution in [0.1, 0.15) is 6.92 Å². The average molecular weight is 570 g/mol. The molecular formula is C12H8F17O4P. The van der Waals surface area contributed by atoms with Crippen molar-refractivity contribution in [2.45, 2.75) is 60.7 Å². The van der Waals surface area contributed by atoms with E-state index in [2.05, 4.69) is 13.6 Å². The van der Waals surface area contributed by atoms with Crippen LogP contribution in [0, 0.1) is 0 Å². The fraction of sp³-hybridized carbons (Fsp3) is 1.00. The summed E-state index contributed by atoms with van der Waals surface area (Å²) in [6.45, 7) is -6.70. The van der Waals surface area contributed by atoms with Gasteiger partial charge in [0.2, 0.25) is 0 Å². The normalized spacial score (nSPS) is 26.2. The van der Waals surface area contributed by atoms with E-state index in [1.165, 1.54) is 0 Å². The van der Waals surface area contributed by atoms with Gasteiger partial charge in [-0.15, -0.1) is 0 Å². The van der Waals surface area contributed by atoms with Crippen molar-refractivity contribution in [3.63, 3.8) is 0 Å². The highest BCUT2D eigenvalue weighted by atomic mass is 31.2. The van der Waals surface area contributed by atoms with Crippen molar-refractivity contribution in [1.82, 2.24) is 0 Å². The first-order chi connectivity index (χ1) is 14.5. The molecule has 1 atom stereocenters. The van der Waals surface area contributed by atoms with Crippen LogP contribution >= 0.6 is 7.82 Å². The maximum Gasteiger partial charge on any atom is 0.475 e. The minimum Gasteiger partial charge on any atom is -0.280 e. The van der Waals surface area contributed by atoms with Crippen LogP contribution in [0.5, 0.6) is 0 Å². The third-order valence-corrected chi connectivity index (χ3v) is 5.58. The molecule has 1 rings (SSSR count). The Morgan fingerprint density at radius 2 is 0.882 bits per heavy atom. The van der Waals surface area contributed by atoms with Gasteiger partial charge in [-0.1, -0.05) is 0 Å². The molecule has 0 aromatic carbocycles. The number of alkyl halides is 17. The van der Waals surface area contributed by atoms with Gasteiger partial charge < -0.3 is 0 Å². The zero-order valence-corrected chi connectivity index (χ0v) is 16.4. The first-order valence-electron chi connectivity index (χ1n) is 7.83. The van der Waals surface area contributed by atoms with E-state index in [0.29, 0.717) is 0 Å². The molecule has 4 nitrogen and oxygen atoms in total. The fourth-order valence-electron chi connectivity index (χ4n) is 2.43. The lowest BCUT2D eigenvalue weighted by Crippen LogP contribution is -2.85. The predicted octanol–water partition coefficient (Wildman–Crippen LogP) is 6.56. The second-order valence-electron chi connectivity index (χ2n) is 6.56. The standard InChI is InChI=1S/C12H8F17O4P/c1-4(33-34(30,31-2-5(13,14)15)32-3-6(16,17)18)7(19)8(20,21)10(24,25)12(28,29)11(26,27)9(7,22)23/h4H,2-3H2,1H3. The summed E-state index contributed by atoms with van der Waals surface area (Å²) in [6, 6.07) is 0. The van der Waals surface area contributed by atoms with Gasteiger partial charge in [-0.2, -0.15) is 70.2 Å². The Labute approximate surface area is 175 Å². The number of hydrogen-bond acceptors (Lipinski definition) is 4. The van der Waals surface area contributed by atoms with Crippen molar-refractivity contribution in [3.05, 3.63) is 0 Å². The third-order valence-electron chi connectivity index (χ3n) is 4.11. The Morgan fingerprint density at radius 3 is 1.15 bits per heavy atom. The maximum atomic E-state index is 14.7. The lowest BCUT2D eigenvalue weighted by Gasteiger charge is -2.53. The maximum absolute atomic E-state index is 14.7. The molecule has 204 valence electrons. The number of phosphoric acid groups is 1. The highest BCUT2D eigenvalue weighted by Gasteiger charge is 3.02. The summed E-state index contributed by atoms with van der Waals surface area (Å²) >= 11 is 0. The van der Waals surface area contributed by atoms with E-state index in [1.807, 2.05) is 0 Å². The highest BCUT2D eigenvalue weighted by Crippen LogP contribution is 2.71. The summed E-state index contributed by atoms with van der Waals surface area (Å²) in [6.07, 6.45) is -15.9. The van der Waals surface area contributed by atoms with Crippen LogP contribution in [0.3, 0.4) is 0 Å². The Balaban J connectivity index is 3.61. The summed E-state index contributed by atoms with van der Waals surface area (Å²) in [5, 5.41) is 0. The van der Waals surface area contributed by atoms with E-state index in [9.17, 15) is 79.2 Å². The van der Waals surface area contributed by atoms with Crippen LogP contribution < -0.4 is 0 Å². The zero-order valence-electron chi connectivity index (χ0n) is 15.5. The van der Waals surface area contributed by atoms with E-state index < -0.39 is 81.7 Å². The molecule has 0 aromatic rings. The van der Waals surface area contributed by atoms with Crippen LogP contribution in [0.25, 0.3) is 0 Å². The number of hydrogen-bond donors (Lipinski definition) is 0. The second-order valence-corrected chi connectivity index (χ2v) is 8.18. The molecule has 34 heavy (non-hydrogen) atoms. The van der Waals surface area contributed by atoms with Gasteiger partial charge in [0.15, 0.2) is 13.2 Å². The van der Waals surface area contributed by atoms with Crippen LogP contribution in [-0.2, 0) is 18.1 Å². The largest absolute Gasteiger partial charge is 0.475 e. The SMILES string of the molecule is CC(OP(=O)(OCC(F)(F)F)OCC(F)(F)F)C1(F)C(F)(F)C(F)(F)C(F)(F)C(F)(F)C1(F)F. The Bertz CT molecular complexity index is 751. The van der Waals surface area contributed by atoms with Crippen LogP contribution in [0.4, 0.5) is 74.6 Å². The van der Waals surface area contributed by atoms with Gasteiger partial charge >= 0.3 is 49.8 Å². The molecule has 22 heteroatoms. The van der Waals surface area contributed by atoms with E-state index >= 15 is 0 Å². The molecule has 0 amide bonds. The zero-order chi connectivity index (χ0) is 27.6. The Kier molecular flexibility index (Phi) is 7.49. The lowest BCUT2D eigenvalue weighted by molar-refractivity contribution is -0.491. The van der Waals surface area contributed by atoms with Crippen molar-refractivity contribution in [3.8, 4) is 0 Å². The average Bonchev–Trinajstić information content (AvgIpc) is 2.61. The van der Waals surface area contributed by atoms with Gasteiger partial charge in [-0.05, 0) is 6.92 Å². The summed E-state index contributed by atoms with van der Waals surface area (Å²) in [4.78, 5) is 0. The van der Waals surface area contributed by atoms with Crippen molar-refractivity contribution in [1.29, 1.82) is 0 Å². The predicted molar refractivity (Wildman–Crippen MR) is 70.7 cm³/mol. The molecule has 0 saturated heterocycles. The first-order valence-corrected chi connectivity index (χ1v) is 9.29. The quantitative estimate of drug-likeness (QED) is 0.257. The van der Waals surface area contributed by atoms with Gasteiger partial charge in [0.05, 0.1) is 0 Å². The van der Waals surface area contributed by atoms with Gasteiger partial charge in [0.25, 0.3) is 5.67 Å². The molecule has 0 aliphatic heterocycles. The van der Waals surface area contributed by atoms with Gasteiger partial charge in [-0.3, -0.25) is 13.6 Å². The first kappa shape index (κ1) is 31.0. The van der Waals surface area contributed by atoms with Crippen molar-refractivity contribution >= 4 is 7.82 Å². The van der Waals surface area contributed by atoms with Crippen LogP contribution in [0.2, 0.25) is 0 Å². The molecule has 0 bridgehead atoms. The van der Waals surface area contributed by atoms with Crippen LogP contribution in [-0.4, -0.2) is 67.0 Å². The minimum atomic E-state index is -7.67. The number of halogens is 17. The Morgan fingerprint density at radius 1 is 0.618 bits per heavy atom. The van der Waals surface area contributed by atoms with Crippen molar-refractivity contribution in [2.75, 3.05) is 13.2 Å². The van der Waals surface area contributed by atoms with Crippen LogP contribution in [0.15, 0.2) is 0 Å². The molecule has 0 N–H and O–H groups in total. The van der Waals surface area contributed by atoms with Gasteiger partial charge in [0.1, 0.15) is 6.10 Å². The number of phosphoric ester groups is 1. The van der Waals surface area contributed by atoms with E-state index in [-0.39, 0.29) is 0 Å². The number of rotatable bonds is 7. The third kappa shape index (κ3) is 4.56. The molecule has 0 aromatic heterocycles. The molecule has 0 heterocycles. The molecule has 1 aliphatic rings. The Hall–Kier alpha value is -1.08. The molecule has 1 saturated carbocycles. The lowest BCUT2D eigenvalue weighted by atomic mass is 9.70. The fourth-order valence-corrected chi connectivity index (χ4v) is 3.76. The molecule has 0 spiro atoms. The second kappa shape index (κ2) is 8.22. The van der Waals surface area contributed by atoms with E-state index in [1.54, 1.807) is 0 Å². The highest BCUT2D eigenvalue weighted by molar-refractivity contribution is 7.48. The van der Waals surface area contributed by atoms with E-state index in [4.69, 9.17) is 0 Å². The van der Waals surface area contributed by atoms with E-state index in [0.717, 1.165) is 0 Å². The summed E-state index contributed by atoms with van der Waals surface area (Å²) < 4.78 is 245. The smallest absolute Gasteiger partial charge is 0.280 e. The molecular weight excluding hydrogens is 562 g/mol. The molecule has 1 aliphatic carbocycles. The summed E-state index contributed by atoms with van der Waals surface area (Å²) in [5.41, 5.74) is -7.05. The topological polar surface area (TPSA) is 44.8 Å². The molecule has 1 unspecified atom stereocenters. The summed E-state index contributed by atoms with van der Waals surface area (Å²) in [5.74, 6) is -38.1. The van der Waals surface area contributed by atoms with Gasteiger partial charge in [0, 0.05) is 0 Å². The van der Waals surface area contributed by atoms with Crippen molar-refractivity contribution < 1.29 is 92.8 Å². The molecule has 0 radical (unpaired) electrons. The molecule has 1 fully saturated rings. The monoisotopic (exact) mass is 570 g/mol. The summed E-state index contributed by atoms with van der Waals surface area (Å²) in [7, 11) is -6.83. The van der Waals surface area contributed by atoms with Crippen molar-refractivity contribution in [2.24, 2.45) is 0 Å². The minimum absolute atomic E-state index is 0.738. The van der Waals surface area contributed by atoms with Gasteiger partial charge in [-0.25, -0.2) is 8.96 Å².